The molecule has 0 aliphatic carbocycles. The lowest BCUT2D eigenvalue weighted by Gasteiger charge is -2.06. The number of rotatable bonds is 2. The zero-order chi connectivity index (χ0) is 13.1. The molecule has 0 aliphatic heterocycles. The van der Waals surface area contributed by atoms with Gasteiger partial charge >= 0.3 is 5.69 Å². The highest BCUT2D eigenvalue weighted by atomic mass is 16.2. The SMILES string of the molecule is N#Cc1cccc(Cn2cc(N)c(=O)[nH]c2=O)c1. The Hall–Kier alpha value is -2.81. The molecule has 0 amide bonds. The van der Waals surface area contributed by atoms with Gasteiger partial charge in [0, 0.05) is 6.20 Å². The van der Waals surface area contributed by atoms with E-state index in [1.54, 1.807) is 24.3 Å². The minimum absolute atomic E-state index is 0.0222. The summed E-state index contributed by atoms with van der Waals surface area (Å²) in [7, 11) is 0. The van der Waals surface area contributed by atoms with Crippen molar-refractivity contribution in [1.82, 2.24) is 9.55 Å². The first-order chi connectivity index (χ1) is 8.60. The van der Waals surface area contributed by atoms with Crippen molar-refractivity contribution < 1.29 is 0 Å². The molecule has 2 rings (SSSR count). The number of hydrogen-bond donors (Lipinski definition) is 2. The summed E-state index contributed by atoms with van der Waals surface area (Å²) < 4.78 is 1.28. The highest BCUT2D eigenvalue weighted by Crippen LogP contribution is 2.05. The van der Waals surface area contributed by atoms with Crippen molar-refractivity contribution in [2.75, 3.05) is 5.73 Å². The summed E-state index contributed by atoms with van der Waals surface area (Å²) in [6, 6.07) is 8.88. The van der Waals surface area contributed by atoms with Crippen LogP contribution in [0.3, 0.4) is 0 Å². The third-order valence-electron chi connectivity index (χ3n) is 2.45. The van der Waals surface area contributed by atoms with E-state index in [2.05, 4.69) is 4.98 Å². The largest absolute Gasteiger partial charge is 0.393 e. The maximum atomic E-state index is 11.5. The summed E-state index contributed by atoms with van der Waals surface area (Å²) in [5.74, 6) is 0. The molecule has 1 aromatic carbocycles. The molecular formula is C12H10N4O2. The monoisotopic (exact) mass is 242 g/mol. The van der Waals surface area contributed by atoms with Crippen molar-refractivity contribution in [2.45, 2.75) is 6.54 Å². The van der Waals surface area contributed by atoms with E-state index in [1.165, 1.54) is 10.8 Å². The first-order valence-corrected chi connectivity index (χ1v) is 5.18. The number of nitriles is 1. The van der Waals surface area contributed by atoms with Gasteiger partial charge in [-0.15, -0.1) is 0 Å². The second kappa shape index (κ2) is 4.59. The highest BCUT2D eigenvalue weighted by molar-refractivity contribution is 5.34. The predicted octanol–water partition coefficient (Wildman–Crippen LogP) is 0.0388. The molecule has 1 heterocycles. The number of nitrogens with two attached hydrogens (primary N) is 1. The summed E-state index contributed by atoms with van der Waals surface area (Å²) in [4.78, 5) is 24.8. The predicted molar refractivity (Wildman–Crippen MR) is 66.0 cm³/mol. The Morgan fingerprint density at radius 3 is 2.89 bits per heavy atom. The summed E-state index contributed by atoms with van der Waals surface area (Å²) in [6.45, 7) is 0.245. The quantitative estimate of drug-likeness (QED) is 0.775. The average molecular weight is 242 g/mol. The molecular weight excluding hydrogens is 232 g/mol. The van der Waals surface area contributed by atoms with Gasteiger partial charge in [0.25, 0.3) is 5.56 Å². The molecule has 6 heteroatoms. The van der Waals surface area contributed by atoms with Crippen LogP contribution in [0.15, 0.2) is 40.1 Å². The third kappa shape index (κ3) is 2.30. The van der Waals surface area contributed by atoms with Gasteiger partial charge < -0.3 is 5.73 Å². The van der Waals surface area contributed by atoms with Gasteiger partial charge in [-0.25, -0.2) is 4.79 Å². The van der Waals surface area contributed by atoms with Gasteiger partial charge in [-0.2, -0.15) is 5.26 Å². The summed E-state index contributed by atoms with van der Waals surface area (Å²) >= 11 is 0. The number of aromatic amines is 1. The highest BCUT2D eigenvalue weighted by Gasteiger charge is 2.03. The molecule has 0 atom stereocenters. The molecule has 0 saturated carbocycles. The number of nitrogens with zero attached hydrogens (tertiary/aromatic N) is 2. The van der Waals surface area contributed by atoms with Crippen LogP contribution < -0.4 is 17.0 Å². The zero-order valence-electron chi connectivity index (χ0n) is 9.38. The van der Waals surface area contributed by atoms with E-state index in [4.69, 9.17) is 11.0 Å². The van der Waals surface area contributed by atoms with Gasteiger partial charge in [-0.1, -0.05) is 12.1 Å². The molecule has 3 N–H and O–H groups in total. The standard InChI is InChI=1S/C12H10N4O2/c13-5-8-2-1-3-9(4-8)6-16-7-10(14)11(17)15-12(16)18/h1-4,7H,6,14H2,(H,15,17,18). The van der Waals surface area contributed by atoms with Crippen LogP contribution in [-0.2, 0) is 6.54 Å². The number of benzene rings is 1. The maximum Gasteiger partial charge on any atom is 0.328 e. The number of H-pyrrole nitrogens is 1. The van der Waals surface area contributed by atoms with Crippen LogP contribution >= 0.6 is 0 Å². The topological polar surface area (TPSA) is 105 Å². The first kappa shape index (κ1) is 11.7. The van der Waals surface area contributed by atoms with Crippen molar-refractivity contribution in [1.29, 1.82) is 5.26 Å². The molecule has 0 radical (unpaired) electrons. The number of anilines is 1. The van der Waals surface area contributed by atoms with Gasteiger partial charge in [0.1, 0.15) is 5.69 Å². The van der Waals surface area contributed by atoms with Gasteiger partial charge in [-0.3, -0.25) is 14.3 Å². The molecule has 90 valence electrons. The molecule has 2 aromatic rings. The van der Waals surface area contributed by atoms with Crippen LogP contribution in [0.1, 0.15) is 11.1 Å². The van der Waals surface area contributed by atoms with Crippen molar-refractivity contribution in [3.63, 3.8) is 0 Å². The molecule has 0 fully saturated rings. The normalized spacial score (nSPS) is 9.94. The van der Waals surface area contributed by atoms with Crippen LogP contribution in [-0.4, -0.2) is 9.55 Å². The van der Waals surface area contributed by atoms with Gasteiger partial charge in [-0.05, 0) is 17.7 Å². The number of aromatic nitrogens is 2. The fourth-order valence-corrected chi connectivity index (χ4v) is 1.58. The lowest BCUT2D eigenvalue weighted by molar-refractivity contribution is 0.723. The smallest absolute Gasteiger partial charge is 0.328 e. The zero-order valence-corrected chi connectivity index (χ0v) is 9.38. The van der Waals surface area contributed by atoms with Crippen LogP contribution in [0.4, 0.5) is 5.69 Å². The Morgan fingerprint density at radius 2 is 2.17 bits per heavy atom. The fourth-order valence-electron chi connectivity index (χ4n) is 1.58. The minimum Gasteiger partial charge on any atom is -0.393 e. The molecule has 0 aliphatic rings. The Labute approximate surface area is 102 Å². The van der Waals surface area contributed by atoms with E-state index in [9.17, 15) is 9.59 Å². The van der Waals surface area contributed by atoms with Crippen LogP contribution in [0, 0.1) is 11.3 Å². The van der Waals surface area contributed by atoms with E-state index in [0.29, 0.717) is 5.56 Å². The first-order valence-electron chi connectivity index (χ1n) is 5.18. The molecule has 0 spiro atoms. The fraction of sp³-hybridized carbons (Fsp3) is 0.0833. The molecule has 0 bridgehead atoms. The lowest BCUT2D eigenvalue weighted by Crippen LogP contribution is -2.31. The lowest BCUT2D eigenvalue weighted by atomic mass is 10.1. The van der Waals surface area contributed by atoms with E-state index in [-0.39, 0.29) is 12.2 Å². The average Bonchev–Trinajstić information content (AvgIpc) is 2.36. The second-order valence-electron chi connectivity index (χ2n) is 3.78. The van der Waals surface area contributed by atoms with Crippen molar-refractivity contribution in [2.24, 2.45) is 0 Å². The van der Waals surface area contributed by atoms with E-state index >= 15 is 0 Å². The van der Waals surface area contributed by atoms with E-state index in [0.717, 1.165) is 5.56 Å². The number of nitrogens with one attached hydrogen (secondary N) is 1. The Morgan fingerprint density at radius 1 is 1.39 bits per heavy atom. The summed E-state index contributed by atoms with van der Waals surface area (Å²) in [5, 5.41) is 8.78. The van der Waals surface area contributed by atoms with Crippen LogP contribution in [0.25, 0.3) is 0 Å². The number of nitrogen functional groups attached to an aromatic ring is 1. The van der Waals surface area contributed by atoms with E-state index < -0.39 is 11.2 Å². The van der Waals surface area contributed by atoms with E-state index in [1.807, 2.05) is 6.07 Å². The third-order valence-corrected chi connectivity index (χ3v) is 2.45. The maximum absolute atomic E-state index is 11.5. The molecule has 1 aromatic heterocycles. The van der Waals surface area contributed by atoms with Crippen molar-refractivity contribution >= 4 is 5.69 Å². The van der Waals surface area contributed by atoms with Gasteiger partial charge in [0.2, 0.25) is 0 Å². The Balaban J connectivity index is 2.40. The number of hydrogen-bond acceptors (Lipinski definition) is 4. The molecule has 0 unspecified atom stereocenters. The molecule has 0 saturated heterocycles. The second-order valence-corrected chi connectivity index (χ2v) is 3.78. The molecule has 6 nitrogen and oxygen atoms in total. The van der Waals surface area contributed by atoms with Gasteiger partial charge in [0.05, 0.1) is 18.2 Å². The van der Waals surface area contributed by atoms with Crippen LogP contribution in [0.2, 0.25) is 0 Å². The summed E-state index contributed by atoms with van der Waals surface area (Å²) in [6.07, 6.45) is 1.29. The van der Waals surface area contributed by atoms with Crippen molar-refractivity contribution in [3.05, 3.63) is 62.4 Å². The summed E-state index contributed by atoms with van der Waals surface area (Å²) in [5.41, 5.74) is 5.59. The minimum atomic E-state index is -0.595. The molecule has 18 heavy (non-hydrogen) atoms. The Bertz CT molecular complexity index is 737. The Kier molecular flexibility index (Phi) is 2.98. The van der Waals surface area contributed by atoms with Gasteiger partial charge in [0.15, 0.2) is 0 Å². The van der Waals surface area contributed by atoms with Crippen LogP contribution in [0.5, 0.6) is 0 Å². The van der Waals surface area contributed by atoms with Crippen molar-refractivity contribution in [3.8, 4) is 6.07 Å².